The van der Waals surface area contributed by atoms with E-state index in [-0.39, 0.29) is 0 Å². The zero-order valence-corrected chi connectivity index (χ0v) is 15.2. The van der Waals surface area contributed by atoms with Crippen molar-refractivity contribution in [2.24, 2.45) is 4.99 Å². The quantitative estimate of drug-likeness (QED) is 0.572. The van der Waals surface area contributed by atoms with Gasteiger partial charge >= 0.3 is 0 Å². The van der Waals surface area contributed by atoms with Crippen LogP contribution >= 0.6 is 0 Å². The number of rotatable bonds is 8. The topological polar surface area (TPSA) is 54.9 Å². The van der Waals surface area contributed by atoms with E-state index in [4.69, 9.17) is 9.47 Å². The molecule has 0 radical (unpaired) electrons. The average molecular weight is 341 g/mol. The van der Waals surface area contributed by atoms with Gasteiger partial charge in [0.15, 0.2) is 5.96 Å². The van der Waals surface area contributed by atoms with Crippen LogP contribution in [0.4, 0.5) is 0 Å². The van der Waals surface area contributed by atoms with E-state index in [1.807, 2.05) is 36.4 Å². The van der Waals surface area contributed by atoms with Crippen LogP contribution in [0.1, 0.15) is 23.6 Å². The minimum atomic E-state index is 0.609. The van der Waals surface area contributed by atoms with Gasteiger partial charge in [0.1, 0.15) is 5.75 Å². The number of benzene rings is 2. The van der Waals surface area contributed by atoms with Crippen LogP contribution in [0.3, 0.4) is 0 Å². The highest BCUT2D eigenvalue weighted by Gasteiger charge is 2.03. The molecule has 0 aliphatic carbocycles. The minimum Gasteiger partial charge on any atom is -0.497 e. The molecule has 2 aromatic rings. The standard InChI is InChI=1S/C20H27N3O2/c1-4-21-20(22-13-16-9-11-19(25-3)12-10-16)23-14-17-7-5-6-8-18(17)15-24-2/h5-12H,4,13-15H2,1-3H3,(H2,21,22,23). The second kappa shape index (κ2) is 10.4. The first kappa shape index (κ1) is 18.8. The van der Waals surface area contributed by atoms with Crippen LogP contribution in [-0.2, 0) is 24.4 Å². The van der Waals surface area contributed by atoms with E-state index in [1.165, 1.54) is 11.1 Å². The summed E-state index contributed by atoms with van der Waals surface area (Å²) in [7, 11) is 3.38. The molecule has 5 heteroatoms. The third-order valence-corrected chi connectivity index (χ3v) is 3.79. The van der Waals surface area contributed by atoms with Gasteiger partial charge in [-0.1, -0.05) is 36.4 Å². The predicted octanol–water partition coefficient (Wildman–Crippen LogP) is 3.10. The molecule has 2 rings (SSSR count). The molecule has 2 N–H and O–H groups in total. The number of methoxy groups -OCH3 is 2. The van der Waals surface area contributed by atoms with E-state index in [0.717, 1.165) is 23.8 Å². The summed E-state index contributed by atoms with van der Waals surface area (Å²) < 4.78 is 10.4. The third-order valence-electron chi connectivity index (χ3n) is 3.79. The Bertz CT molecular complexity index is 669. The van der Waals surface area contributed by atoms with Crippen LogP contribution in [0.15, 0.2) is 53.5 Å². The highest BCUT2D eigenvalue weighted by molar-refractivity contribution is 5.79. The summed E-state index contributed by atoms with van der Waals surface area (Å²) >= 11 is 0. The summed E-state index contributed by atoms with van der Waals surface area (Å²) in [6, 6.07) is 16.2. The fourth-order valence-corrected chi connectivity index (χ4v) is 2.45. The van der Waals surface area contributed by atoms with Crippen LogP contribution in [0.5, 0.6) is 5.75 Å². The summed E-state index contributed by atoms with van der Waals surface area (Å²) in [6.07, 6.45) is 0. The van der Waals surface area contributed by atoms with E-state index in [2.05, 4.69) is 34.7 Å². The van der Waals surface area contributed by atoms with Gasteiger partial charge in [0.2, 0.25) is 0 Å². The molecule has 0 atom stereocenters. The van der Waals surface area contributed by atoms with Gasteiger partial charge in [-0.25, -0.2) is 4.99 Å². The first-order valence-corrected chi connectivity index (χ1v) is 8.47. The normalized spacial score (nSPS) is 11.2. The van der Waals surface area contributed by atoms with Crippen molar-refractivity contribution >= 4 is 5.96 Å². The third kappa shape index (κ3) is 6.12. The van der Waals surface area contributed by atoms with Gasteiger partial charge in [0.25, 0.3) is 0 Å². The number of hydrogen-bond donors (Lipinski definition) is 2. The number of nitrogens with zero attached hydrogens (tertiary/aromatic N) is 1. The van der Waals surface area contributed by atoms with Crippen molar-refractivity contribution in [3.8, 4) is 5.75 Å². The lowest BCUT2D eigenvalue weighted by Gasteiger charge is -2.14. The minimum absolute atomic E-state index is 0.609. The molecule has 0 saturated heterocycles. The smallest absolute Gasteiger partial charge is 0.191 e. The summed E-state index contributed by atoms with van der Waals surface area (Å²) in [4.78, 5) is 4.65. The van der Waals surface area contributed by atoms with Crippen molar-refractivity contribution in [1.29, 1.82) is 0 Å². The van der Waals surface area contributed by atoms with Crippen LogP contribution in [-0.4, -0.2) is 26.7 Å². The highest BCUT2D eigenvalue weighted by atomic mass is 16.5. The van der Waals surface area contributed by atoms with Gasteiger partial charge in [-0.15, -0.1) is 0 Å². The van der Waals surface area contributed by atoms with Crippen LogP contribution < -0.4 is 15.4 Å². The van der Waals surface area contributed by atoms with Crippen molar-refractivity contribution in [1.82, 2.24) is 10.6 Å². The summed E-state index contributed by atoms with van der Waals surface area (Å²) in [6.45, 7) is 4.79. The Morgan fingerprint density at radius 2 is 1.68 bits per heavy atom. The molecule has 0 saturated carbocycles. The van der Waals surface area contributed by atoms with E-state index in [1.54, 1.807) is 14.2 Å². The average Bonchev–Trinajstić information content (AvgIpc) is 2.65. The fourth-order valence-electron chi connectivity index (χ4n) is 2.45. The summed E-state index contributed by atoms with van der Waals surface area (Å²) in [5.41, 5.74) is 3.53. The molecule has 0 spiro atoms. The highest BCUT2D eigenvalue weighted by Crippen LogP contribution is 2.12. The van der Waals surface area contributed by atoms with Crippen molar-refractivity contribution < 1.29 is 9.47 Å². The van der Waals surface area contributed by atoms with Crippen molar-refractivity contribution in [2.75, 3.05) is 20.8 Å². The number of nitrogens with one attached hydrogen (secondary N) is 2. The molecule has 0 fully saturated rings. The van der Waals surface area contributed by atoms with Gasteiger partial charge in [-0.2, -0.15) is 0 Å². The molecular weight excluding hydrogens is 314 g/mol. The van der Waals surface area contributed by atoms with E-state index < -0.39 is 0 Å². The van der Waals surface area contributed by atoms with Gasteiger partial charge in [0.05, 0.1) is 20.3 Å². The Hall–Kier alpha value is -2.53. The van der Waals surface area contributed by atoms with Crippen molar-refractivity contribution in [3.63, 3.8) is 0 Å². The Morgan fingerprint density at radius 1 is 0.960 bits per heavy atom. The number of guanidine groups is 1. The van der Waals surface area contributed by atoms with Gasteiger partial charge in [-0.05, 0) is 35.7 Å². The Morgan fingerprint density at radius 3 is 2.32 bits per heavy atom. The molecule has 134 valence electrons. The van der Waals surface area contributed by atoms with Gasteiger partial charge in [-0.3, -0.25) is 0 Å². The van der Waals surface area contributed by atoms with Gasteiger partial charge < -0.3 is 20.1 Å². The molecule has 0 aliphatic heterocycles. The maximum atomic E-state index is 5.26. The van der Waals surface area contributed by atoms with Crippen LogP contribution in [0.2, 0.25) is 0 Å². The Kier molecular flexibility index (Phi) is 7.79. The second-order valence-corrected chi connectivity index (χ2v) is 5.60. The molecule has 0 unspecified atom stereocenters. The lowest BCUT2D eigenvalue weighted by atomic mass is 10.1. The van der Waals surface area contributed by atoms with E-state index in [0.29, 0.717) is 19.7 Å². The molecule has 5 nitrogen and oxygen atoms in total. The number of ether oxygens (including phenoxy) is 2. The number of hydrogen-bond acceptors (Lipinski definition) is 3. The molecular formula is C20H27N3O2. The first-order chi connectivity index (χ1) is 12.3. The Labute approximate surface area is 150 Å². The second-order valence-electron chi connectivity index (χ2n) is 5.60. The maximum Gasteiger partial charge on any atom is 0.191 e. The van der Waals surface area contributed by atoms with Crippen LogP contribution in [0.25, 0.3) is 0 Å². The molecule has 0 aliphatic rings. The van der Waals surface area contributed by atoms with Crippen LogP contribution in [0, 0.1) is 0 Å². The zero-order valence-electron chi connectivity index (χ0n) is 15.2. The molecule has 0 heterocycles. The molecule has 0 amide bonds. The zero-order chi connectivity index (χ0) is 17.9. The van der Waals surface area contributed by atoms with E-state index >= 15 is 0 Å². The monoisotopic (exact) mass is 341 g/mol. The SMILES string of the molecule is CCNC(=NCc1ccc(OC)cc1)NCc1ccccc1COC. The summed E-state index contributed by atoms with van der Waals surface area (Å²) in [5, 5.41) is 6.67. The van der Waals surface area contributed by atoms with Crippen molar-refractivity contribution in [2.45, 2.75) is 26.6 Å². The maximum absolute atomic E-state index is 5.26. The van der Waals surface area contributed by atoms with E-state index in [9.17, 15) is 0 Å². The first-order valence-electron chi connectivity index (χ1n) is 8.47. The molecule has 0 bridgehead atoms. The molecule has 2 aromatic carbocycles. The van der Waals surface area contributed by atoms with Gasteiger partial charge in [0, 0.05) is 20.2 Å². The van der Waals surface area contributed by atoms with Crippen molar-refractivity contribution in [3.05, 3.63) is 65.2 Å². The molecule has 0 aromatic heterocycles. The summed E-state index contributed by atoms with van der Waals surface area (Å²) in [5.74, 6) is 1.65. The lowest BCUT2D eigenvalue weighted by molar-refractivity contribution is 0.184. The fraction of sp³-hybridized carbons (Fsp3) is 0.350. The lowest BCUT2D eigenvalue weighted by Crippen LogP contribution is -2.37. The molecule has 25 heavy (non-hydrogen) atoms. The predicted molar refractivity (Wildman–Crippen MR) is 102 cm³/mol. The Balaban J connectivity index is 1.99. The number of aliphatic imine (C=N–C) groups is 1. The largest absolute Gasteiger partial charge is 0.497 e.